The summed E-state index contributed by atoms with van der Waals surface area (Å²) in [6.45, 7) is 3.96. The number of ether oxygens (including phenoxy) is 1. The van der Waals surface area contributed by atoms with Gasteiger partial charge in [0.1, 0.15) is 5.75 Å². The second kappa shape index (κ2) is 8.07. The Morgan fingerprint density at radius 2 is 2.23 bits per heavy atom. The Morgan fingerprint density at radius 1 is 1.36 bits per heavy atom. The van der Waals surface area contributed by atoms with Crippen molar-refractivity contribution in [3.8, 4) is 5.75 Å². The number of aryl methyl sites for hydroxylation is 2. The summed E-state index contributed by atoms with van der Waals surface area (Å²) in [5.41, 5.74) is 2.11. The Labute approximate surface area is 130 Å². The number of nitrogens with zero attached hydrogens (tertiary/aromatic N) is 2. The lowest BCUT2D eigenvalue weighted by Gasteiger charge is -2.10. The van der Waals surface area contributed by atoms with Crippen LogP contribution in [0, 0.1) is 6.92 Å². The number of urea groups is 1. The van der Waals surface area contributed by atoms with Gasteiger partial charge in [0.25, 0.3) is 0 Å². The van der Waals surface area contributed by atoms with E-state index in [1.807, 2.05) is 35.9 Å². The van der Waals surface area contributed by atoms with E-state index >= 15 is 0 Å². The number of amides is 2. The minimum absolute atomic E-state index is 0.154. The van der Waals surface area contributed by atoms with Crippen molar-refractivity contribution < 1.29 is 9.53 Å². The molecule has 0 fully saturated rings. The average molecular weight is 302 g/mol. The molecule has 2 rings (SSSR count). The van der Waals surface area contributed by atoms with Gasteiger partial charge >= 0.3 is 6.03 Å². The van der Waals surface area contributed by atoms with E-state index < -0.39 is 0 Å². The number of carbonyl (C=O) groups excluding carboxylic acids is 1. The van der Waals surface area contributed by atoms with E-state index in [4.69, 9.17) is 4.74 Å². The summed E-state index contributed by atoms with van der Waals surface area (Å²) in [7, 11) is 1.65. The van der Waals surface area contributed by atoms with Crippen LogP contribution in [-0.2, 0) is 13.1 Å². The van der Waals surface area contributed by atoms with Crippen molar-refractivity contribution in [2.24, 2.45) is 0 Å². The summed E-state index contributed by atoms with van der Waals surface area (Å²) in [6.07, 6.45) is 6.29. The zero-order valence-electron chi connectivity index (χ0n) is 13.0. The molecule has 1 aromatic heterocycles. The Hall–Kier alpha value is -2.50. The van der Waals surface area contributed by atoms with E-state index in [0.717, 1.165) is 29.8 Å². The van der Waals surface area contributed by atoms with Crippen LogP contribution in [0.15, 0.2) is 36.9 Å². The summed E-state index contributed by atoms with van der Waals surface area (Å²) in [4.78, 5) is 15.7. The normalized spacial score (nSPS) is 10.3. The van der Waals surface area contributed by atoms with Gasteiger partial charge in [-0.1, -0.05) is 12.1 Å². The van der Waals surface area contributed by atoms with Gasteiger partial charge in [0.05, 0.1) is 13.4 Å². The Balaban J connectivity index is 1.66. The largest absolute Gasteiger partial charge is 0.496 e. The number of hydrogen-bond donors (Lipinski definition) is 2. The molecule has 0 spiro atoms. The molecule has 6 heteroatoms. The van der Waals surface area contributed by atoms with Crippen molar-refractivity contribution in [1.82, 2.24) is 20.2 Å². The van der Waals surface area contributed by atoms with Crippen LogP contribution in [0.1, 0.15) is 17.5 Å². The lowest BCUT2D eigenvalue weighted by molar-refractivity contribution is 0.240. The average Bonchev–Trinajstić information content (AvgIpc) is 3.03. The van der Waals surface area contributed by atoms with E-state index in [9.17, 15) is 4.79 Å². The zero-order valence-corrected chi connectivity index (χ0v) is 13.0. The van der Waals surface area contributed by atoms with Crippen molar-refractivity contribution >= 4 is 6.03 Å². The molecule has 22 heavy (non-hydrogen) atoms. The fourth-order valence-electron chi connectivity index (χ4n) is 2.18. The Morgan fingerprint density at radius 3 is 2.91 bits per heavy atom. The molecule has 0 saturated heterocycles. The van der Waals surface area contributed by atoms with Crippen LogP contribution in [0.4, 0.5) is 4.79 Å². The summed E-state index contributed by atoms with van der Waals surface area (Å²) in [5, 5.41) is 5.69. The molecule has 118 valence electrons. The fourth-order valence-corrected chi connectivity index (χ4v) is 2.18. The highest BCUT2D eigenvalue weighted by atomic mass is 16.5. The molecule has 6 nitrogen and oxygen atoms in total. The van der Waals surface area contributed by atoms with Crippen LogP contribution >= 0.6 is 0 Å². The van der Waals surface area contributed by atoms with Crippen LogP contribution in [0.5, 0.6) is 5.75 Å². The number of imidazole rings is 1. The molecule has 0 bridgehead atoms. The highest BCUT2D eigenvalue weighted by Crippen LogP contribution is 2.18. The lowest BCUT2D eigenvalue weighted by Crippen LogP contribution is -2.35. The van der Waals surface area contributed by atoms with Gasteiger partial charge in [-0.2, -0.15) is 0 Å². The predicted molar refractivity (Wildman–Crippen MR) is 84.8 cm³/mol. The van der Waals surface area contributed by atoms with Crippen LogP contribution in [0.2, 0.25) is 0 Å². The summed E-state index contributed by atoms with van der Waals surface area (Å²) < 4.78 is 7.20. The monoisotopic (exact) mass is 302 g/mol. The maximum Gasteiger partial charge on any atom is 0.315 e. The lowest BCUT2D eigenvalue weighted by atomic mass is 10.1. The quantitative estimate of drug-likeness (QED) is 0.770. The van der Waals surface area contributed by atoms with Crippen molar-refractivity contribution in [2.75, 3.05) is 13.7 Å². The van der Waals surface area contributed by atoms with Gasteiger partial charge in [-0.25, -0.2) is 9.78 Å². The molecule has 0 atom stereocenters. The maximum atomic E-state index is 11.7. The number of methoxy groups -OCH3 is 1. The molecule has 0 aliphatic rings. The smallest absolute Gasteiger partial charge is 0.315 e. The first-order valence-electron chi connectivity index (χ1n) is 7.30. The third kappa shape index (κ3) is 4.80. The molecular formula is C16H22N4O2. The van der Waals surface area contributed by atoms with Crippen LogP contribution < -0.4 is 15.4 Å². The highest BCUT2D eigenvalue weighted by Gasteiger charge is 2.03. The number of benzene rings is 1. The first-order chi connectivity index (χ1) is 10.7. The molecule has 0 aliphatic carbocycles. The first kappa shape index (κ1) is 15.9. The minimum atomic E-state index is -0.154. The topological polar surface area (TPSA) is 68.2 Å². The molecule has 1 aromatic carbocycles. The van der Waals surface area contributed by atoms with Crippen molar-refractivity contribution in [3.63, 3.8) is 0 Å². The predicted octanol–water partition coefficient (Wildman–Crippen LogP) is 2.09. The SMILES string of the molecule is COc1ccc(CNC(=O)NCCCn2ccnc2)cc1C. The number of hydrogen-bond acceptors (Lipinski definition) is 3. The van der Waals surface area contributed by atoms with Gasteiger partial charge in [0.15, 0.2) is 0 Å². The first-order valence-corrected chi connectivity index (χ1v) is 7.30. The molecule has 0 saturated carbocycles. The van der Waals surface area contributed by atoms with Gasteiger partial charge in [0.2, 0.25) is 0 Å². The molecule has 1 heterocycles. The highest BCUT2D eigenvalue weighted by molar-refractivity contribution is 5.73. The van der Waals surface area contributed by atoms with Crippen molar-refractivity contribution in [3.05, 3.63) is 48.0 Å². The molecule has 2 N–H and O–H groups in total. The molecule has 2 aromatic rings. The molecule has 2 amide bonds. The summed E-state index contributed by atoms with van der Waals surface area (Å²) in [5.74, 6) is 0.854. The van der Waals surface area contributed by atoms with Gasteiger partial charge in [-0.05, 0) is 30.5 Å². The van der Waals surface area contributed by atoms with Gasteiger partial charge in [-0.3, -0.25) is 0 Å². The standard InChI is InChI=1S/C16H22N4O2/c1-13-10-14(4-5-15(13)22-2)11-19-16(21)18-6-3-8-20-9-7-17-12-20/h4-5,7,9-10,12H,3,6,8,11H2,1-2H3,(H2,18,19,21). The van der Waals surface area contributed by atoms with Crippen LogP contribution in [0.25, 0.3) is 0 Å². The summed E-state index contributed by atoms with van der Waals surface area (Å²) >= 11 is 0. The van der Waals surface area contributed by atoms with Crippen LogP contribution in [0.3, 0.4) is 0 Å². The van der Waals surface area contributed by atoms with E-state index in [1.54, 1.807) is 19.6 Å². The second-order valence-corrected chi connectivity index (χ2v) is 5.07. The van der Waals surface area contributed by atoms with Crippen LogP contribution in [-0.4, -0.2) is 29.2 Å². The van der Waals surface area contributed by atoms with E-state index in [-0.39, 0.29) is 6.03 Å². The number of carbonyl (C=O) groups is 1. The Kier molecular flexibility index (Phi) is 5.82. The van der Waals surface area contributed by atoms with E-state index in [2.05, 4.69) is 15.6 Å². The minimum Gasteiger partial charge on any atom is -0.496 e. The third-order valence-electron chi connectivity index (χ3n) is 3.35. The Bertz CT molecular complexity index is 596. The van der Waals surface area contributed by atoms with Gasteiger partial charge in [0, 0.05) is 32.0 Å². The summed E-state index contributed by atoms with van der Waals surface area (Å²) in [6, 6.07) is 5.72. The molecule has 0 aliphatic heterocycles. The zero-order chi connectivity index (χ0) is 15.8. The maximum absolute atomic E-state index is 11.7. The van der Waals surface area contributed by atoms with Crippen molar-refractivity contribution in [2.45, 2.75) is 26.4 Å². The van der Waals surface area contributed by atoms with Gasteiger partial charge < -0.3 is 19.9 Å². The molecule has 0 radical (unpaired) electrons. The number of nitrogens with one attached hydrogen (secondary N) is 2. The fraction of sp³-hybridized carbons (Fsp3) is 0.375. The van der Waals surface area contributed by atoms with Crippen molar-refractivity contribution in [1.29, 1.82) is 0 Å². The second-order valence-electron chi connectivity index (χ2n) is 5.07. The third-order valence-corrected chi connectivity index (χ3v) is 3.35. The van der Waals surface area contributed by atoms with E-state index in [1.165, 1.54) is 0 Å². The molecule has 0 unspecified atom stereocenters. The number of rotatable bonds is 7. The number of aromatic nitrogens is 2. The van der Waals surface area contributed by atoms with E-state index in [0.29, 0.717) is 13.1 Å². The van der Waals surface area contributed by atoms with Gasteiger partial charge in [-0.15, -0.1) is 0 Å². The molecular weight excluding hydrogens is 280 g/mol.